The van der Waals surface area contributed by atoms with Crippen molar-refractivity contribution in [2.45, 2.75) is 31.7 Å². The van der Waals surface area contributed by atoms with Crippen LogP contribution in [0.25, 0.3) is 0 Å². The molecule has 0 spiro atoms. The van der Waals surface area contributed by atoms with Crippen molar-refractivity contribution in [3.8, 4) is 5.75 Å². The molecule has 1 unspecified atom stereocenters. The smallest absolute Gasteiger partial charge is 0.323 e. The average Bonchev–Trinajstić information content (AvgIpc) is 2.44. The summed E-state index contributed by atoms with van der Waals surface area (Å²) in [6.45, 7) is 1.94. The largest absolute Gasteiger partial charge is 0.492 e. The van der Waals surface area contributed by atoms with E-state index in [9.17, 15) is 14.9 Å². The van der Waals surface area contributed by atoms with Gasteiger partial charge in [0.1, 0.15) is 11.3 Å². The van der Waals surface area contributed by atoms with Crippen LogP contribution in [0.5, 0.6) is 5.75 Å². The first kappa shape index (κ1) is 17.4. The van der Waals surface area contributed by atoms with E-state index in [0.29, 0.717) is 23.1 Å². The van der Waals surface area contributed by atoms with Gasteiger partial charge in [0.15, 0.2) is 0 Å². The minimum atomic E-state index is -1.26. The number of rotatable bonds is 8. The maximum Gasteiger partial charge on any atom is 0.323 e. The number of nitro benzene ring substituents is 1. The van der Waals surface area contributed by atoms with Crippen LogP contribution in [0, 0.1) is 10.1 Å². The highest BCUT2D eigenvalue weighted by Gasteiger charge is 2.31. The lowest BCUT2D eigenvalue weighted by atomic mass is 9.92. The fourth-order valence-corrected chi connectivity index (χ4v) is 2.08. The van der Waals surface area contributed by atoms with E-state index in [-0.39, 0.29) is 18.7 Å². The first-order chi connectivity index (χ1) is 9.80. The molecule has 0 aliphatic carbocycles. The fraction of sp³-hybridized carbons (Fsp3) is 0.462. The van der Waals surface area contributed by atoms with E-state index in [0.717, 1.165) is 0 Å². The second kappa shape index (κ2) is 7.37. The molecule has 1 aromatic rings. The summed E-state index contributed by atoms with van der Waals surface area (Å²) in [5.74, 6) is -0.694. The van der Waals surface area contributed by atoms with Gasteiger partial charge < -0.3 is 15.6 Å². The van der Waals surface area contributed by atoms with E-state index < -0.39 is 16.4 Å². The van der Waals surface area contributed by atoms with Crippen LogP contribution in [-0.4, -0.2) is 28.1 Å². The molecule has 0 saturated carbocycles. The predicted molar refractivity (Wildman–Crippen MR) is 80.4 cm³/mol. The number of ether oxygens (including phenoxy) is 1. The molecule has 21 heavy (non-hydrogen) atoms. The first-order valence-electron chi connectivity index (χ1n) is 6.39. The Bertz CT molecular complexity index is 537. The van der Waals surface area contributed by atoms with Gasteiger partial charge in [-0.25, -0.2) is 0 Å². The zero-order valence-electron chi connectivity index (χ0n) is 11.5. The minimum Gasteiger partial charge on any atom is -0.492 e. The van der Waals surface area contributed by atoms with Crippen molar-refractivity contribution >= 4 is 27.6 Å². The van der Waals surface area contributed by atoms with Crippen LogP contribution in [0.15, 0.2) is 22.7 Å². The van der Waals surface area contributed by atoms with Gasteiger partial charge in [0.2, 0.25) is 0 Å². The van der Waals surface area contributed by atoms with Crippen LogP contribution in [0.3, 0.4) is 0 Å². The quantitative estimate of drug-likeness (QED) is 0.418. The number of nitrogens with two attached hydrogens (primary N) is 1. The van der Waals surface area contributed by atoms with Gasteiger partial charge in [-0.15, -0.1) is 0 Å². The van der Waals surface area contributed by atoms with Crippen LogP contribution >= 0.6 is 15.9 Å². The van der Waals surface area contributed by atoms with Crippen molar-refractivity contribution in [3.05, 3.63) is 32.8 Å². The molecule has 7 nitrogen and oxygen atoms in total. The third-order valence-electron chi connectivity index (χ3n) is 3.21. The van der Waals surface area contributed by atoms with E-state index >= 15 is 0 Å². The number of nitro groups is 1. The SMILES string of the molecule is CCC(N)(CCCOc1cc([N+](=O)[O-])ccc1Br)C(=O)O. The average molecular weight is 361 g/mol. The number of benzene rings is 1. The molecule has 1 atom stereocenters. The van der Waals surface area contributed by atoms with Crippen molar-refractivity contribution in [3.63, 3.8) is 0 Å². The van der Waals surface area contributed by atoms with Gasteiger partial charge in [0.25, 0.3) is 5.69 Å². The molecule has 0 aliphatic rings. The number of carbonyl (C=O) groups is 1. The molecule has 0 radical (unpaired) electrons. The highest BCUT2D eigenvalue weighted by molar-refractivity contribution is 9.10. The maximum atomic E-state index is 11.0. The second-order valence-electron chi connectivity index (χ2n) is 4.64. The molecule has 0 bridgehead atoms. The number of hydrogen-bond donors (Lipinski definition) is 2. The first-order valence-corrected chi connectivity index (χ1v) is 7.18. The van der Waals surface area contributed by atoms with Crippen LogP contribution < -0.4 is 10.5 Å². The van der Waals surface area contributed by atoms with E-state index in [1.165, 1.54) is 18.2 Å². The Morgan fingerprint density at radius 2 is 2.24 bits per heavy atom. The molecule has 0 aliphatic heterocycles. The van der Waals surface area contributed by atoms with Crippen molar-refractivity contribution < 1.29 is 19.6 Å². The zero-order chi connectivity index (χ0) is 16.0. The third kappa shape index (κ3) is 4.68. The molecule has 116 valence electrons. The summed E-state index contributed by atoms with van der Waals surface area (Å²) in [4.78, 5) is 21.2. The van der Waals surface area contributed by atoms with Crippen molar-refractivity contribution in [1.29, 1.82) is 0 Å². The van der Waals surface area contributed by atoms with E-state index in [1.54, 1.807) is 6.92 Å². The number of non-ortho nitro benzene ring substituents is 1. The Morgan fingerprint density at radius 1 is 1.57 bits per heavy atom. The number of hydrogen-bond acceptors (Lipinski definition) is 5. The molecule has 0 fully saturated rings. The van der Waals surface area contributed by atoms with Crippen molar-refractivity contribution in [2.75, 3.05) is 6.61 Å². The Morgan fingerprint density at radius 3 is 2.76 bits per heavy atom. The minimum absolute atomic E-state index is 0.0690. The molecule has 3 N–H and O–H groups in total. The Labute approximate surface area is 130 Å². The van der Waals surface area contributed by atoms with E-state index in [2.05, 4.69) is 15.9 Å². The van der Waals surface area contributed by atoms with E-state index in [1.807, 2.05) is 0 Å². The lowest BCUT2D eigenvalue weighted by molar-refractivity contribution is -0.385. The number of nitrogens with zero attached hydrogens (tertiary/aromatic N) is 1. The monoisotopic (exact) mass is 360 g/mol. The zero-order valence-corrected chi connectivity index (χ0v) is 13.1. The Hall–Kier alpha value is -1.67. The normalized spacial score (nSPS) is 13.5. The molecule has 0 aromatic heterocycles. The predicted octanol–water partition coefficient (Wildman–Crippen LogP) is 2.71. The molecule has 0 heterocycles. The van der Waals surface area contributed by atoms with Gasteiger partial charge >= 0.3 is 5.97 Å². The Kier molecular flexibility index (Phi) is 6.10. The second-order valence-corrected chi connectivity index (χ2v) is 5.49. The topological polar surface area (TPSA) is 116 Å². The van der Waals surface area contributed by atoms with E-state index in [4.69, 9.17) is 15.6 Å². The molecule has 8 heteroatoms. The van der Waals surface area contributed by atoms with Crippen molar-refractivity contribution in [2.24, 2.45) is 5.73 Å². The standard InChI is InChI=1S/C13H17BrN2O5/c1-2-13(15,12(17)18)6-3-7-21-11-8-9(16(19)20)4-5-10(11)14/h4-5,8H,2-3,6-7,15H2,1H3,(H,17,18). The number of halogens is 1. The van der Waals surface area contributed by atoms with Crippen LogP contribution in [-0.2, 0) is 4.79 Å². The summed E-state index contributed by atoms with van der Waals surface area (Å²) in [6.07, 6.45) is 1.03. The summed E-state index contributed by atoms with van der Waals surface area (Å²) in [7, 11) is 0. The maximum absolute atomic E-state index is 11.0. The van der Waals surface area contributed by atoms with Crippen molar-refractivity contribution in [1.82, 2.24) is 0 Å². The van der Waals surface area contributed by atoms with Crippen LogP contribution in [0.4, 0.5) is 5.69 Å². The third-order valence-corrected chi connectivity index (χ3v) is 3.86. The van der Waals surface area contributed by atoms with Gasteiger partial charge in [-0.3, -0.25) is 14.9 Å². The fourth-order valence-electron chi connectivity index (χ4n) is 1.72. The number of carboxylic acid groups (broad SMARTS) is 1. The van der Waals surface area contributed by atoms with Crippen LogP contribution in [0.2, 0.25) is 0 Å². The molecule has 1 aromatic carbocycles. The molecule has 0 amide bonds. The summed E-state index contributed by atoms with van der Waals surface area (Å²) in [5.41, 5.74) is 4.43. The number of aliphatic carboxylic acids is 1. The van der Waals surface area contributed by atoms with Crippen LogP contribution in [0.1, 0.15) is 26.2 Å². The summed E-state index contributed by atoms with van der Waals surface area (Å²) < 4.78 is 6.05. The highest BCUT2D eigenvalue weighted by Crippen LogP contribution is 2.29. The van der Waals surface area contributed by atoms with Gasteiger partial charge in [-0.1, -0.05) is 6.92 Å². The summed E-state index contributed by atoms with van der Waals surface area (Å²) in [5, 5.41) is 19.7. The number of carboxylic acids is 1. The van der Waals surface area contributed by atoms with Gasteiger partial charge in [-0.2, -0.15) is 0 Å². The Balaban J connectivity index is 2.59. The van der Waals surface area contributed by atoms with Gasteiger partial charge in [-0.05, 0) is 41.3 Å². The van der Waals surface area contributed by atoms with Gasteiger partial charge in [0, 0.05) is 6.07 Å². The van der Waals surface area contributed by atoms with Gasteiger partial charge in [0.05, 0.1) is 22.1 Å². The molecular formula is C13H17BrN2O5. The summed E-state index contributed by atoms with van der Waals surface area (Å²) in [6, 6.07) is 4.21. The summed E-state index contributed by atoms with van der Waals surface area (Å²) >= 11 is 3.24. The molecule has 0 saturated heterocycles. The highest BCUT2D eigenvalue weighted by atomic mass is 79.9. The molecular weight excluding hydrogens is 344 g/mol. The molecule has 1 rings (SSSR count). The lowest BCUT2D eigenvalue weighted by Gasteiger charge is -2.22. The lowest BCUT2D eigenvalue weighted by Crippen LogP contribution is -2.47.